The van der Waals surface area contributed by atoms with Gasteiger partial charge in [-0.3, -0.25) is 9.59 Å². The van der Waals surface area contributed by atoms with E-state index in [1.165, 1.54) is 0 Å². The monoisotopic (exact) mass is 743 g/mol. The van der Waals surface area contributed by atoms with E-state index in [1.807, 2.05) is 18.2 Å². The van der Waals surface area contributed by atoms with Crippen LogP contribution in [0.3, 0.4) is 0 Å². The number of aromatic nitrogens is 3. The molecule has 0 saturated heterocycles. The van der Waals surface area contributed by atoms with Crippen molar-refractivity contribution in [3.63, 3.8) is 0 Å². The molecule has 1 atom stereocenters. The van der Waals surface area contributed by atoms with Crippen molar-refractivity contribution < 1.29 is 38.1 Å². The van der Waals surface area contributed by atoms with Crippen LogP contribution in [0.5, 0.6) is 0 Å². The van der Waals surface area contributed by atoms with E-state index in [1.54, 1.807) is 14.0 Å². The molecule has 296 valence electrons. The topological polar surface area (TPSA) is 190 Å². The second-order valence-corrected chi connectivity index (χ2v) is 12.8. The van der Waals surface area contributed by atoms with Crippen molar-refractivity contribution in [2.45, 2.75) is 84.2 Å². The van der Waals surface area contributed by atoms with E-state index in [0.29, 0.717) is 71.6 Å². The number of nitrogens with two attached hydrogens (primary N) is 1. The number of para-hydroxylation sites is 1. The number of rotatable bonds is 30. The maximum atomic E-state index is 12.3. The van der Waals surface area contributed by atoms with Gasteiger partial charge in [0.2, 0.25) is 5.91 Å². The zero-order valence-electron chi connectivity index (χ0n) is 31.9. The van der Waals surface area contributed by atoms with Crippen LogP contribution in [0.15, 0.2) is 24.3 Å². The molecule has 0 fully saturated rings. The fraction of sp³-hybridized carbons (Fsp3) is 0.658. The summed E-state index contributed by atoms with van der Waals surface area (Å²) in [5, 5.41) is 9.72. The Labute approximate surface area is 313 Å². The predicted octanol–water partition coefficient (Wildman–Crippen LogP) is 3.94. The van der Waals surface area contributed by atoms with E-state index in [-0.39, 0.29) is 30.9 Å². The molecular weight excluding hydrogens is 682 g/mol. The van der Waals surface area contributed by atoms with Crippen molar-refractivity contribution in [3.8, 4) is 0 Å². The van der Waals surface area contributed by atoms with Crippen molar-refractivity contribution in [2.24, 2.45) is 0 Å². The Morgan fingerprint density at radius 1 is 0.811 bits per heavy atom. The number of hydrogen-bond donors (Lipinski definition) is 4. The number of carbonyl (C=O) groups is 3. The number of likely N-dealkylation sites (N-methyl/N-ethyl adjacent to an activating group) is 1. The lowest BCUT2D eigenvalue weighted by Crippen LogP contribution is -2.32. The second-order valence-electron chi connectivity index (χ2n) is 12.8. The van der Waals surface area contributed by atoms with Gasteiger partial charge < -0.3 is 49.9 Å². The fourth-order valence-corrected chi connectivity index (χ4v) is 5.77. The lowest BCUT2D eigenvalue weighted by Gasteiger charge is -2.12. The van der Waals surface area contributed by atoms with Gasteiger partial charge in [0.25, 0.3) is 0 Å². The molecule has 2 amide bonds. The number of fused-ring (bicyclic) bond motifs is 3. The van der Waals surface area contributed by atoms with Crippen LogP contribution in [0.2, 0.25) is 0 Å². The Morgan fingerprint density at radius 2 is 1.45 bits per heavy atom. The van der Waals surface area contributed by atoms with Gasteiger partial charge in [-0.1, -0.05) is 31.5 Å². The number of carbonyl (C=O) groups excluding carboxylic acids is 3. The van der Waals surface area contributed by atoms with Crippen LogP contribution in [0, 0.1) is 0 Å². The third kappa shape index (κ3) is 16.3. The fourth-order valence-electron chi connectivity index (χ4n) is 5.77. The van der Waals surface area contributed by atoms with E-state index in [2.05, 4.69) is 38.5 Å². The van der Waals surface area contributed by atoms with E-state index in [4.69, 9.17) is 34.4 Å². The number of nitrogen functional groups attached to an aromatic ring is 1. The molecule has 0 aliphatic carbocycles. The number of nitrogens with zero attached hydrogens (tertiary/aromatic N) is 3. The van der Waals surface area contributed by atoms with Gasteiger partial charge in [-0.25, -0.2) is 14.8 Å². The Hall–Kier alpha value is -3.89. The summed E-state index contributed by atoms with van der Waals surface area (Å²) in [4.78, 5) is 44.8. The highest BCUT2D eigenvalue weighted by Crippen LogP contribution is 2.29. The van der Waals surface area contributed by atoms with E-state index in [9.17, 15) is 14.4 Å². The Bertz CT molecular complexity index is 1520. The van der Waals surface area contributed by atoms with Crippen LogP contribution >= 0.6 is 0 Å². The van der Waals surface area contributed by atoms with E-state index >= 15 is 0 Å². The minimum absolute atomic E-state index is 0.0326. The number of nitrogens with one attached hydrogen (secondary N) is 3. The van der Waals surface area contributed by atoms with E-state index < -0.39 is 6.09 Å². The minimum Gasteiger partial charge on any atom is -0.447 e. The molecule has 0 spiro atoms. The van der Waals surface area contributed by atoms with Crippen LogP contribution in [0.25, 0.3) is 21.9 Å². The van der Waals surface area contributed by atoms with Crippen molar-refractivity contribution in [2.75, 3.05) is 85.3 Å². The number of hydrogen-bond acceptors (Lipinski definition) is 12. The maximum Gasteiger partial charge on any atom is 0.407 e. The molecule has 1 unspecified atom stereocenters. The van der Waals surface area contributed by atoms with Crippen molar-refractivity contribution in [1.82, 2.24) is 30.5 Å². The molecule has 2 heterocycles. The Balaban J connectivity index is 1.12. The highest BCUT2D eigenvalue weighted by molar-refractivity contribution is 6.06. The van der Waals surface area contributed by atoms with Crippen molar-refractivity contribution in [3.05, 3.63) is 30.1 Å². The van der Waals surface area contributed by atoms with Gasteiger partial charge >= 0.3 is 6.09 Å². The number of benzene rings is 1. The molecule has 15 nitrogen and oxygen atoms in total. The minimum atomic E-state index is -0.482. The summed E-state index contributed by atoms with van der Waals surface area (Å²) in [6.45, 7) is 8.84. The molecule has 3 aromatic rings. The number of Topliss-reactive ketones (excluding diaryl/α,β-unsaturated/α-hetero) is 1. The van der Waals surface area contributed by atoms with Gasteiger partial charge in [0.05, 0.1) is 69.9 Å². The molecule has 0 aliphatic rings. The number of ether oxygens (including phenoxy) is 5. The molecule has 53 heavy (non-hydrogen) atoms. The average molecular weight is 744 g/mol. The van der Waals surface area contributed by atoms with Crippen molar-refractivity contribution >= 4 is 45.5 Å². The summed E-state index contributed by atoms with van der Waals surface area (Å²) < 4.78 is 29.3. The summed E-state index contributed by atoms with van der Waals surface area (Å²) in [7, 11) is 1.77. The first-order valence-corrected chi connectivity index (χ1v) is 19.0. The molecule has 5 N–H and O–H groups in total. The number of aryl methyl sites for hydroxylation is 2. The first kappa shape index (κ1) is 43.5. The summed E-state index contributed by atoms with van der Waals surface area (Å²) in [6.07, 6.45) is 6.92. The SMILES string of the molecule is CCCCc1nc2c(N)nc3ccccc3c2n1CCCCNC(=O)CCOCCOCCOCCOCCOC(=O)NCCCCC(NC)C(C)=O. The van der Waals surface area contributed by atoms with Gasteiger partial charge in [-0.2, -0.15) is 0 Å². The number of anilines is 1. The number of alkyl carbamates (subject to hydrolysis) is 1. The molecular formula is C38H61N7O8. The van der Waals surface area contributed by atoms with Crippen LogP contribution in [-0.4, -0.2) is 118 Å². The first-order valence-electron chi connectivity index (χ1n) is 19.0. The number of amides is 2. The summed E-state index contributed by atoms with van der Waals surface area (Å²) in [5.41, 5.74) is 8.98. The Morgan fingerprint density at radius 3 is 2.13 bits per heavy atom. The van der Waals surface area contributed by atoms with Crippen LogP contribution in [0.1, 0.15) is 71.0 Å². The number of unbranched alkanes of at least 4 members (excludes halogenated alkanes) is 3. The van der Waals surface area contributed by atoms with Gasteiger partial charge in [0.15, 0.2) is 5.82 Å². The third-order valence-electron chi connectivity index (χ3n) is 8.65. The summed E-state index contributed by atoms with van der Waals surface area (Å²) in [5.74, 6) is 1.58. The quantitative estimate of drug-likeness (QED) is 0.0721. The van der Waals surface area contributed by atoms with E-state index in [0.717, 1.165) is 85.7 Å². The van der Waals surface area contributed by atoms with Gasteiger partial charge in [0, 0.05) is 37.9 Å². The highest BCUT2D eigenvalue weighted by Gasteiger charge is 2.17. The van der Waals surface area contributed by atoms with Crippen LogP contribution in [0.4, 0.5) is 10.6 Å². The zero-order valence-corrected chi connectivity index (χ0v) is 31.9. The van der Waals surface area contributed by atoms with Gasteiger partial charge in [-0.15, -0.1) is 0 Å². The second kappa shape index (κ2) is 26.0. The molecule has 0 saturated carbocycles. The predicted molar refractivity (Wildman–Crippen MR) is 205 cm³/mol. The largest absolute Gasteiger partial charge is 0.447 e. The number of pyridine rings is 1. The van der Waals surface area contributed by atoms with Crippen LogP contribution in [-0.2, 0) is 46.2 Å². The normalized spacial score (nSPS) is 12.0. The summed E-state index contributed by atoms with van der Waals surface area (Å²) in [6, 6.07) is 7.90. The highest BCUT2D eigenvalue weighted by atomic mass is 16.6. The molecule has 0 aliphatic heterocycles. The molecule has 3 rings (SSSR count). The molecule has 0 bridgehead atoms. The lowest BCUT2D eigenvalue weighted by atomic mass is 10.1. The van der Waals surface area contributed by atoms with Gasteiger partial charge in [0.1, 0.15) is 23.7 Å². The van der Waals surface area contributed by atoms with Gasteiger partial charge in [-0.05, 0) is 58.6 Å². The van der Waals surface area contributed by atoms with Crippen molar-refractivity contribution in [1.29, 1.82) is 0 Å². The average Bonchev–Trinajstić information content (AvgIpc) is 3.52. The Kier molecular flexibility index (Phi) is 21.3. The number of ketones is 1. The zero-order chi connectivity index (χ0) is 38.1. The van der Waals surface area contributed by atoms with Crippen LogP contribution < -0.4 is 21.7 Å². The lowest BCUT2D eigenvalue weighted by molar-refractivity contribution is -0.122. The summed E-state index contributed by atoms with van der Waals surface area (Å²) >= 11 is 0. The standard InChI is InChI=1S/C38H61N7O8/c1-4-5-15-33-44-35-36(30-12-6-7-14-32(30)43-37(35)39)45(33)19-11-10-17-41-34(47)16-20-49-21-22-50-23-24-51-25-26-52-27-28-53-38(48)42-18-9-8-13-31(40-3)29(2)46/h6-7,12,14,31,40H,4-5,8-11,13,15-28H2,1-3H3,(H2,39,43)(H,41,47)(H,42,48). The maximum absolute atomic E-state index is 12.3. The molecule has 2 aromatic heterocycles. The smallest absolute Gasteiger partial charge is 0.407 e. The molecule has 0 radical (unpaired) electrons. The first-order chi connectivity index (χ1) is 25.8. The third-order valence-corrected chi connectivity index (χ3v) is 8.65. The molecule has 15 heteroatoms. The number of imidazole rings is 1. The molecule has 1 aromatic carbocycles.